The lowest BCUT2D eigenvalue weighted by molar-refractivity contribution is -0.385. The van der Waals surface area contributed by atoms with Crippen LogP contribution in [0.5, 0.6) is 5.88 Å². The molecule has 0 saturated carbocycles. The predicted octanol–water partition coefficient (Wildman–Crippen LogP) is 2.58. The molecule has 0 unspecified atom stereocenters. The minimum absolute atomic E-state index is 0.0503. The minimum Gasteiger partial charge on any atom is -0.475 e. The van der Waals surface area contributed by atoms with Gasteiger partial charge in [0.15, 0.2) is 5.78 Å². The van der Waals surface area contributed by atoms with Gasteiger partial charge in [0.1, 0.15) is 11.2 Å². The van der Waals surface area contributed by atoms with Gasteiger partial charge in [-0.25, -0.2) is 4.79 Å². The Kier molecular flexibility index (Phi) is 7.04. The summed E-state index contributed by atoms with van der Waals surface area (Å²) in [7, 11) is 1.26. The molecule has 2 aromatic rings. The van der Waals surface area contributed by atoms with E-state index >= 15 is 0 Å². The third kappa shape index (κ3) is 4.96. The van der Waals surface area contributed by atoms with Gasteiger partial charge in [-0.3, -0.25) is 24.4 Å². The summed E-state index contributed by atoms with van der Waals surface area (Å²) in [6.45, 7) is 4.84. The molecule has 0 aliphatic heterocycles. The Morgan fingerprint density at radius 2 is 2.07 bits per heavy atom. The van der Waals surface area contributed by atoms with E-state index < -0.39 is 16.8 Å². The first-order chi connectivity index (χ1) is 13.7. The van der Waals surface area contributed by atoms with Crippen LogP contribution in [0.4, 0.5) is 10.7 Å². The van der Waals surface area contributed by atoms with E-state index in [4.69, 9.17) is 9.47 Å². The number of nitrogens with one attached hydrogen (secondary N) is 1. The van der Waals surface area contributed by atoms with Gasteiger partial charge in [0.2, 0.25) is 5.91 Å². The molecule has 0 bridgehead atoms. The lowest BCUT2D eigenvalue weighted by Crippen LogP contribution is -2.16. The molecule has 0 atom stereocenters. The first-order valence-corrected chi connectivity index (χ1v) is 9.38. The van der Waals surface area contributed by atoms with Crippen LogP contribution < -0.4 is 10.1 Å². The lowest BCUT2D eigenvalue weighted by atomic mass is 10.1. The van der Waals surface area contributed by atoms with Crippen LogP contribution in [0.3, 0.4) is 0 Å². The molecule has 0 aromatic carbocycles. The lowest BCUT2D eigenvalue weighted by Gasteiger charge is -2.07. The van der Waals surface area contributed by atoms with Crippen LogP contribution in [0.1, 0.15) is 45.9 Å². The van der Waals surface area contributed by atoms with Crippen molar-refractivity contribution in [1.82, 2.24) is 9.78 Å². The summed E-state index contributed by atoms with van der Waals surface area (Å²) in [5.74, 6) is -1.46. The van der Waals surface area contributed by atoms with E-state index in [0.29, 0.717) is 10.4 Å². The SMILES string of the molecule is CCOC(=O)c1c(NC(=O)CCn2cc([N+](=O)[O-])c(OC)n2)sc(C(C)=O)c1C. The van der Waals surface area contributed by atoms with Crippen molar-refractivity contribution < 1.29 is 28.8 Å². The molecular formula is C17H20N4O7S. The summed E-state index contributed by atoms with van der Waals surface area (Å²) in [4.78, 5) is 47.1. The number of rotatable bonds is 9. The zero-order valence-electron chi connectivity index (χ0n) is 16.3. The highest BCUT2D eigenvalue weighted by molar-refractivity contribution is 7.18. The molecule has 156 valence electrons. The van der Waals surface area contributed by atoms with Crippen molar-refractivity contribution in [2.45, 2.75) is 33.7 Å². The number of aromatic nitrogens is 2. The van der Waals surface area contributed by atoms with E-state index in [1.165, 1.54) is 24.9 Å². The standard InChI is InChI=1S/C17H20N4O7S/c1-5-28-17(24)13-9(2)14(10(3)22)29-16(13)18-12(23)6-7-20-8-11(21(25)26)15(19-20)27-4/h8H,5-7H2,1-4H3,(H,18,23). The van der Waals surface area contributed by atoms with E-state index in [1.807, 2.05) is 0 Å². The van der Waals surface area contributed by atoms with Gasteiger partial charge in [-0.1, -0.05) is 0 Å². The zero-order valence-corrected chi connectivity index (χ0v) is 17.1. The number of anilines is 1. The summed E-state index contributed by atoms with van der Waals surface area (Å²) in [6, 6.07) is 0. The highest BCUT2D eigenvalue weighted by Crippen LogP contribution is 2.34. The first-order valence-electron chi connectivity index (χ1n) is 8.56. The van der Waals surface area contributed by atoms with Gasteiger partial charge in [0.05, 0.1) is 35.6 Å². The Labute approximate surface area is 169 Å². The van der Waals surface area contributed by atoms with Gasteiger partial charge in [-0.05, 0) is 26.3 Å². The number of methoxy groups -OCH3 is 1. The van der Waals surface area contributed by atoms with Crippen molar-refractivity contribution >= 4 is 39.7 Å². The molecule has 0 saturated heterocycles. The van der Waals surface area contributed by atoms with E-state index in [-0.39, 0.29) is 47.5 Å². The molecule has 1 amide bonds. The first kappa shape index (κ1) is 22.0. The zero-order chi connectivity index (χ0) is 21.7. The average Bonchev–Trinajstić information content (AvgIpc) is 3.21. The summed E-state index contributed by atoms with van der Waals surface area (Å²) in [5, 5.41) is 17.7. The van der Waals surface area contributed by atoms with Crippen molar-refractivity contribution in [3.05, 3.63) is 32.3 Å². The maximum absolute atomic E-state index is 12.4. The molecular weight excluding hydrogens is 404 g/mol. The summed E-state index contributed by atoms with van der Waals surface area (Å²) < 4.78 is 11.1. The Hall–Kier alpha value is -3.28. The Bertz CT molecular complexity index is 963. The van der Waals surface area contributed by atoms with Crippen molar-refractivity contribution in [2.75, 3.05) is 19.0 Å². The Morgan fingerprint density at radius 1 is 1.38 bits per heavy atom. The van der Waals surface area contributed by atoms with Crippen LogP contribution in [0.15, 0.2) is 6.20 Å². The second-order valence-electron chi connectivity index (χ2n) is 5.88. The van der Waals surface area contributed by atoms with Crippen molar-refractivity contribution in [1.29, 1.82) is 0 Å². The molecule has 0 aliphatic rings. The number of hydrogen-bond donors (Lipinski definition) is 1. The summed E-state index contributed by atoms with van der Waals surface area (Å²) >= 11 is 0.998. The number of carbonyl (C=O) groups excluding carboxylic acids is 3. The van der Waals surface area contributed by atoms with E-state index in [2.05, 4.69) is 10.4 Å². The molecule has 2 heterocycles. The summed E-state index contributed by atoms with van der Waals surface area (Å²) in [5.41, 5.74) is 0.285. The Morgan fingerprint density at radius 3 is 2.59 bits per heavy atom. The molecule has 0 aliphatic carbocycles. The fraction of sp³-hybridized carbons (Fsp3) is 0.412. The Balaban J connectivity index is 2.16. The maximum Gasteiger partial charge on any atom is 0.350 e. The van der Waals surface area contributed by atoms with Crippen molar-refractivity contribution in [3.63, 3.8) is 0 Å². The smallest absolute Gasteiger partial charge is 0.350 e. The molecule has 11 nitrogen and oxygen atoms in total. The number of Topliss-reactive ketones (excluding diaryl/α,β-unsaturated/α-hetero) is 1. The monoisotopic (exact) mass is 424 g/mol. The fourth-order valence-electron chi connectivity index (χ4n) is 2.57. The third-order valence-corrected chi connectivity index (χ3v) is 5.17. The van der Waals surface area contributed by atoms with Crippen LogP contribution in [-0.4, -0.2) is 46.1 Å². The van der Waals surface area contributed by atoms with Gasteiger partial charge in [-0.2, -0.15) is 0 Å². The quantitative estimate of drug-likeness (QED) is 0.280. The van der Waals surface area contributed by atoms with Crippen LogP contribution >= 0.6 is 11.3 Å². The predicted molar refractivity (Wildman–Crippen MR) is 104 cm³/mol. The van der Waals surface area contributed by atoms with Crippen molar-refractivity contribution in [2.24, 2.45) is 0 Å². The number of carbonyl (C=O) groups is 3. The van der Waals surface area contributed by atoms with Gasteiger partial charge in [0.25, 0.3) is 0 Å². The molecule has 1 N–H and O–H groups in total. The summed E-state index contributed by atoms with van der Waals surface area (Å²) in [6.07, 6.45) is 1.09. The largest absolute Gasteiger partial charge is 0.475 e. The van der Waals surface area contributed by atoms with Crippen LogP contribution in [-0.2, 0) is 16.1 Å². The van der Waals surface area contributed by atoms with E-state index in [0.717, 1.165) is 11.3 Å². The minimum atomic E-state index is -0.633. The number of hydrogen-bond acceptors (Lipinski definition) is 9. The number of ketones is 1. The molecule has 2 rings (SSSR count). The third-order valence-electron chi connectivity index (χ3n) is 3.87. The number of esters is 1. The highest BCUT2D eigenvalue weighted by Gasteiger charge is 2.25. The number of amides is 1. The van der Waals surface area contributed by atoms with Gasteiger partial charge in [0, 0.05) is 6.42 Å². The van der Waals surface area contributed by atoms with Gasteiger partial charge < -0.3 is 14.8 Å². The number of aryl methyl sites for hydroxylation is 1. The number of ether oxygens (including phenoxy) is 2. The maximum atomic E-state index is 12.4. The van der Waals surface area contributed by atoms with Crippen LogP contribution in [0.25, 0.3) is 0 Å². The topological polar surface area (TPSA) is 143 Å². The van der Waals surface area contributed by atoms with E-state index in [1.54, 1.807) is 13.8 Å². The second kappa shape index (κ2) is 9.28. The molecule has 0 fully saturated rings. The van der Waals surface area contributed by atoms with Crippen LogP contribution in [0, 0.1) is 17.0 Å². The number of thiophene rings is 1. The highest BCUT2D eigenvalue weighted by atomic mass is 32.1. The second-order valence-corrected chi connectivity index (χ2v) is 6.90. The number of nitrogens with zero attached hydrogens (tertiary/aromatic N) is 3. The molecule has 0 radical (unpaired) electrons. The molecule has 0 spiro atoms. The van der Waals surface area contributed by atoms with Crippen molar-refractivity contribution in [3.8, 4) is 5.88 Å². The molecule has 12 heteroatoms. The fourth-order valence-corrected chi connectivity index (χ4v) is 3.68. The average molecular weight is 424 g/mol. The van der Waals surface area contributed by atoms with Crippen LogP contribution in [0.2, 0.25) is 0 Å². The van der Waals surface area contributed by atoms with Gasteiger partial charge >= 0.3 is 17.5 Å². The van der Waals surface area contributed by atoms with E-state index in [9.17, 15) is 24.5 Å². The molecule has 29 heavy (non-hydrogen) atoms. The normalized spacial score (nSPS) is 10.5. The number of nitro groups is 1. The van der Waals surface area contributed by atoms with Gasteiger partial charge in [-0.15, -0.1) is 16.4 Å². The molecule has 2 aromatic heterocycles.